The molecule has 10 fully saturated rings. The highest BCUT2D eigenvalue weighted by Gasteiger charge is 2.59. The maximum atomic E-state index is 7.62. The molecular formula is C45H75N3O. The molecule has 0 aromatic carbocycles. The van der Waals surface area contributed by atoms with E-state index >= 15 is 0 Å². The zero-order valence-corrected chi connectivity index (χ0v) is 31.4. The van der Waals surface area contributed by atoms with Gasteiger partial charge in [-0.1, -0.05) is 96.3 Å². The van der Waals surface area contributed by atoms with Gasteiger partial charge in [0.2, 0.25) is 0 Å². The normalized spacial score (nSPS) is 53.8. The van der Waals surface area contributed by atoms with Crippen LogP contribution >= 0.6 is 0 Å². The van der Waals surface area contributed by atoms with Crippen molar-refractivity contribution in [3.8, 4) is 0 Å². The minimum Gasteiger partial charge on any atom is -0.374 e. The molecule has 0 aromatic heterocycles. The Hall–Kier alpha value is -0.160. The van der Waals surface area contributed by atoms with E-state index in [0.717, 1.165) is 76.9 Å². The van der Waals surface area contributed by atoms with Crippen molar-refractivity contribution in [2.45, 2.75) is 204 Å². The lowest BCUT2D eigenvalue weighted by molar-refractivity contribution is -0.0811. The molecule has 10 rings (SSSR count). The first-order valence-electron chi connectivity index (χ1n) is 23.2. The van der Waals surface area contributed by atoms with E-state index in [1.807, 2.05) is 0 Å². The SMILES string of the molecule is C1CCC(C2NC(C3CCC4CCCCC4C3)NC(C3CCC(C4CCC5CCCCC5C4)C4OC5CC6CCCCC6CC5C34)N2)CC1. The summed E-state index contributed by atoms with van der Waals surface area (Å²) in [6.45, 7) is 0. The van der Waals surface area contributed by atoms with Gasteiger partial charge in [0.1, 0.15) is 0 Å². The molecule has 276 valence electrons. The summed E-state index contributed by atoms with van der Waals surface area (Å²) in [5.41, 5.74) is 0. The quantitative estimate of drug-likeness (QED) is 0.278. The Morgan fingerprint density at radius 2 is 0.776 bits per heavy atom. The fourth-order valence-electron chi connectivity index (χ4n) is 16.1. The highest BCUT2D eigenvalue weighted by Crippen LogP contribution is 2.59. The zero-order valence-electron chi connectivity index (χ0n) is 31.4. The van der Waals surface area contributed by atoms with Crippen LogP contribution < -0.4 is 16.0 Å². The molecule has 8 saturated carbocycles. The van der Waals surface area contributed by atoms with Crippen molar-refractivity contribution in [2.75, 3.05) is 0 Å². The Morgan fingerprint density at radius 1 is 0.306 bits per heavy atom. The van der Waals surface area contributed by atoms with Crippen molar-refractivity contribution in [3.05, 3.63) is 0 Å². The molecule has 49 heavy (non-hydrogen) atoms. The first-order chi connectivity index (χ1) is 24.2. The molecule has 4 nitrogen and oxygen atoms in total. The first-order valence-corrected chi connectivity index (χ1v) is 23.2. The molecule has 0 amide bonds. The molecule has 0 spiro atoms. The van der Waals surface area contributed by atoms with Crippen LogP contribution in [0.1, 0.15) is 173 Å². The third-order valence-electron chi connectivity index (χ3n) is 18.5. The molecule has 0 radical (unpaired) electrons. The van der Waals surface area contributed by atoms with E-state index in [1.165, 1.54) is 161 Å². The number of hydrogen-bond donors (Lipinski definition) is 3. The first kappa shape index (κ1) is 33.4. The summed E-state index contributed by atoms with van der Waals surface area (Å²) in [5, 5.41) is 13.3. The molecule has 17 unspecified atom stereocenters. The Labute approximate surface area is 301 Å². The minimum absolute atomic E-state index is 0.469. The van der Waals surface area contributed by atoms with Gasteiger partial charge in [0, 0.05) is 0 Å². The van der Waals surface area contributed by atoms with Gasteiger partial charge >= 0.3 is 0 Å². The van der Waals surface area contributed by atoms with E-state index < -0.39 is 0 Å². The van der Waals surface area contributed by atoms with Gasteiger partial charge in [-0.2, -0.15) is 0 Å². The second-order valence-corrected chi connectivity index (χ2v) is 20.6. The van der Waals surface area contributed by atoms with Gasteiger partial charge in [-0.15, -0.1) is 0 Å². The van der Waals surface area contributed by atoms with Crippen molar-refractivity contribution in [2.24, 2.45) is 76.9 Å². The minimum atomic E-state index is 0.469. The maximum absolute atomic E-state index is 7.62. The number of ether oxygens (including phenoxy) is 1. The van der Waals surface area contributed by atoms with Crippen LogP contribution in [0.5, 0.6) is 0 Å². The molecule has 17 atom stereocenters. The van der Waals surface area contributed by atoms with E-state index in [0.29, 0.717) is 30.7 Å². The molecule has 3 N–H and O–H groups in total. The molecule has 2 saturated heterocycles. The Morgan fingerprint density at radius 3 is 1.47 bits per heavy atom. The molecule has 0 bridgehead atoms. The van der Waals surface area contributed by atoms with Crippen LogP contribution in [-0.4, -0.2) is 30.7 Å². The number of hydrogen-bond acceptors (Lipinski definition) is 4. The molecule has 2 heterocycles. The smallest absolute Gasteiger partial charge is 0.0645 e. The Bertz CT molecular complexity index is 1110. The van der Waals surface area contributed by atoms with Gasteiger partial charge in [0.15, 0.2) is 0 Å². The van der Waals surface area contributed by atoms with E-state index in [9.17, 15) is 0 Å². The molecule has 0 aromatic rings. The van der Waals surface area contributed by atoms with Crippen LogP contribution in [0.3, 0.4) is 0 Å². The lowest BCUT2D eigenvalue weighted by Crippen LogP contribution is -2.73. The third kappa shape index (κ3) is 6.55. The monoisotopic (exact) mass is 674 g/mol. The van der Waals surface area contributed by atoms with Gasteiger partial charge in [0.25, 0.3) is 0 Å². The number of nitrogens with one attached hydrogen (secondary N) is 3. The maximum Gasteiger partial charge on any atom is 0.0645 e. The van der Waals surface area contributed by atoms with E-state index in [2.05, 4.69) is 16.0 Å². The van der Waals surface area contributed by atoms with E-state index in [1.54, 1.807) is 12.8 Å². The highest BCUT2D eigenvalue weighted by molar-refractivity contribution is 5.08. The van der Waals surface area contributed by atoms with Crippen molar-refractivity contribution in [1.82, 2.24) is 16.0 Å². The van der Waals surface area contributed by atoms with E-state index in [-0.39, 0.29) is 0 Å². The van der Waals surface area contributed by atoms with Crippen molar-refractivity contribution in [3.63, 3.8) is 0 Å². The lowest BCUT2D eigenvalue weighted by atomic mass is 9.56. The van der Waals surface area contributed by atoms with Crippen molar-refractivity contribution < 1.29 is 4.74 Å². The predicted octanol–water partition coefficient (Wildman–Crippen LogP) is 10.2. The van der Waals surface area contributed by atoms with Crippen LogP contribution in [0, 0.1) is 76.9 Å². The molecule has 2 aliphatic heterocycles. The third-order valence-corrected chi connectivity index (χ3v) is 18.5. The Kier molecular flexibility index (Phi) is 9.94. The summed E-state index contributed by atoms with van der Waals surface area (Å²) in [4.78, 5) is 0. The van der Waals surface area contributed by atoms with Gasteiger partial charge in [0.05, 0.1) is 30.7 Å². The summed E-state index contributed by atoms with van der Waals surface area (Å²) in [7, 11) is 0. The largest absolute Gasteiger partial charge is 0.374 e. The van der Waals surface area contributed by atoms with Gasteiger partial charge in [-0.25, -0.2) is 0 Å². The van der Waals surface area contributed by atoms with Gasteiger partial charge in [-0.3, -0.25) is 16.0 Å². The highest BCUT2D eigenvalue weighted by atomic mass is 16.5. The molecule has 10 aliphatic rings. The average Bonchev–Trinajstić information content (AvgIpc) is 3.54. The topological polar surface area (TPSA) is 45.3 Å². The standard InChI is InChI=1S/C45H75N3O/c1-2-12-30(13-3-1)43-46-44(36-21-19-29-11-5-7-15-32(29)25-36)48-45(47-43)38-23-22-37(35-20-18-28-10-4-6-14-31(28)24-35)42-41(38)39-26-33-16-8-9-17-34(33)27-40(39)49-42/h28-48H,1-27H2. The number of fused-ring (bicyclic) bond motifs is 6. The van der Waals surface area contributed by atoms with Gasteiger partial charge in [-0.05, 0) is 154 Å². The second-order valence-electron chi connectivity index (χ2n) is 20.6. The van der Waals surface area contributed by atoms with Crippen molar-refractivity contribution >= 4 is 0 Å². The Balaban J connectivity index is 0.927. The fourth-order valence-corrected chi connectivity index (χ4v) is 16.1. The van der Waals surface area contributed by atoms with Crippen LogP contribution in [0.2, 0.25) is 0 Å². The summed E-state index contributed by atoms with van der Waals surface area (Å²) >= 11 is 0. The zero-order chi connectivity index (χ0) is 32.3. The van der Waals surface area contributed by atoms with Crippen LogP contribution in [0.4, 0.5) is 0 Å². The summed E-state index contributed by atoms with van der Waals surface area (Å²) in [5.74, 6) is 11.9. The van der Waals surface area contributed by atoms with Crippen LogP contribution in [0.25, 0.3) is 0 Å². The van der Waals surface area contributed by atoms with Crippen LogP contribution in [0.15, 0.2) is 0 Å². The van der Waals surface area contributed by atoms with E-state index in [4.69, 9.17) is 4.74 Å². The lowest BCUT2D eigenvalue weighted by Gasteiger charge is -2.54. The second kappa shape index (κ2) is 14.6. The van der Waals surface area contributed by atoms with Crippen LogP contribution in [-0.2, 0) is 4.74 Å². The molecular weight excluding hydrogens is 599 g/mol. The average molecular weight is 674 g/mol. The number of rotatable bonds is 4. The van der Waals surface area contributed by atoms with Crippen molar-refractivity contribution in [1.29, 1.82) is 0 Å². The molecule has 4 heteroatoms. The van der Waals surface area contributed by atoms with Gasteiger partial charge < -0.3 is 4.74 Å². The summed E-state index contributed by atoms with van der Waals surface area (Å²) in [6.07, 6.45) is 42.8. The predicted molar refractivity (Wildman–Crippen MR) is 199 cm³/mol. The fraction of sp³-hybridized carbons (Fsp3) is 1.00. The summed E-state index contributed by atoms with van der Waals surface area (Å²) in [6, 6.07) is 0. The summed E-state index contributed by atoms with van der Waals surface area (Å²) < 4.78 is 7.62. The molecule has 8 aliphatic carbocycles.